The third-order valence-corrected chi connectivity index (χ3v) is 2.89. The van der Waals surface area contributed by atoms with Gasteiger partial charge in [-0.25, -0.2) is 9.97 Å². The predicted molar refractivity (Wildman–Crippen MR) is 78.3 cm³/mol. The van der Waals surface area contributed by atoms with Gasteiger partial charge < -0.3 is 5.32 Å². The van der Waals surface area contributed by atoms with Gasteiger partial charge in [-0.1, -0.05) is 6.07 Å². The van der Waals surface area contributed by atoms with Crippen molar-refractivity contribution < 1.29 is 4.79 Å². The van der Waals surface area contributed by atoms with Crippen molar-refractivity contribution in [3.63, 3.8) is 0 Å². The van der Waals surface area contributed by atoms with Crippen LogP contribution in [0.4, 0.5) is 5.69 Å². The smallest absolute Gasteiger partial charge is 0.274 e. The highest BCUT2D eigenvalue weighted by atomic mass is 16.1. The molecule has 0 saturated carbocycles. The van der Waals surface area contributed by atoms with Gasteiger partial charge in [-0.2, -0.15) is 0 Å². The lowest BCUT2D eigenvalue weighted by molar-refractivity contribution is 0.102. The number of pyridine rings is 2. The molecule has 0 fully saturated rings. The number of aryl methyl sites for hydroxylation is 1. The molecule has 3 heterocycles. The van der Waals surface area contributed by atoms with Crippen LogP contribution in [0, 0.1) is 6.92 Å². The van der Waals surface area contributed by atoms with E-state index in [9.17, 15) is 4.79 Å². The largest absolute Gasteiger partial charge is 0.321 e. The number of nitrogens with zero attached hydrogens (tertiary/aromatic N) is 4. The molecular weight excluding hydrogens is 266 g/mol. The Balaban J connectivity index is 1.83. The zero-order valence-electron chi connectivity index (χ0n) is 11.4. The van der Waals surface area contributed by atoms with Gasteiger partial charge in [0.05, 0.1) is 0 Å². The first kappa shape index (κ1) is 13.0. The molecule has 0 radical (unpaired) electrons. The molecule has 0 saturated heterocycles. The fraction of sp³-hybridized carbons (Fsp3) is 0.0667. The Morgan fingerprint density at radius 3 is 2.90 bits per heavy atom. The van der Waals surface area contributed by atoms with Crippen LogP contribution < -0.4 is 5.32 Å². The number of anilines is 1. The highest BCUT2D eigenvalue weighted by Gasteiger charge is 2.09. The molecule has 0 atom stereocenters. The first-order valence-corrected chi connectivity index (χ1v) is 6.42. The van der Waals surface area contributed by atoms with Gasteiger partial charge in [0.2, 0.25) is 0 Å². The van der Waals surface area contributed by atoms with Crippen LogP contribution in [0.2, 0.25) is 0 Å². The van der Waals surface area contributed by atoms with Gasteiger partial charge in [-0.3, -0.25) is 14.3 Å². The minimum Gasteiger partial charge on any atom is -0.321 e. The average molecular weight is 279 g/mol. The van der Waals surface area contributed by atoms with Gasteiger partial charge in [-0.15, -0.1) is 0 Å². The van der Waals surface area contributed by atoms with Crippen molar-refractivity contribution >= 4 is 11.6 Å². The number of nitrogens with one attached hydrogen (secondary N) is 1. The van der Waals surface area contributed by atoms with Crippen molar-refractivity contribution in [3.05, 3.63) is 66.6 Å². The van der Waals surface area contributed by atoms with Crippen molar-refractivity contribution in [2.24, 2.45) is 0 Å². The molecule has 1 N–H and O–H groups in total. The van der Waals surface area contributed by atoms with Crippen LogP contribution in [-0.4, -0.2) is 25.4 Å². The molecule has 0 aliphatic rings. The lowest BCUT2D eigenvalue weighted by atomic mass is 10.3. The highest BCUT2D eigenvalue weighted by Crippen LogP contribution is 2.10. The zero-order valence-corrected chi connectivity index (χ0v) is 11.4. The van der Waals surface area contributed by atoms with Gasteiger partial charge in [-0.05, 0) is 31.2 Å². The second-order valence-electron chi connectivity index (χ2n) is 4.49. The van der Waals surface area contributed by atoms with E-state index < -0.39 is 0 Å². The van der Waals surface area contributed by atoms with E-state index in [0.29, 0.717) is 17.2 Å². The minimum atomic E-state index is -0.262. The highest BCUT2D eigenvalue weighted by molar-refractivity contribution is 6.02. The summed E-state index contributed by atoms with van der Waals surface area (Å²) in [5.74, 6) is 0.383. The van der Waals surface area contributed by atoms with Crippen molar-refractivity contribution in [2.45, 2.75) is 6.92 Å². The molecule has 21 heavy (non-hydrogen) atoms. The Hall–Kier alpha value is -3.02. The van der Waals surface area contributed by atoms with E-state index in [-0.39, 0.29) is 5.91 Å². The molecule has 1 amide bonds. The molecule has 0 bridgehead atoms. The fourth-order valence-electron chi connectivity index (χ4n) is 1.91. The summed E-state index contributed by atoms with van der Waals surface area (Å²) < 4.78 is 1.74. The standard InChI is InChI=1S/C15H13N5O/c1-11-9-12(5-6-17-11)18-15(21)13-3-2-4-14(19-13)20-8-7-16-10-20/h2-10H,1H3,(H,17,18,21). The maximum Gasteiger partial charge on any atom is 0.274 e. The number of imidazole rings is 1. The second-order valence-corrected chi connectivity index (χ2v) is 4.49. The summed E-state index contributed by atoms with van der Waals surface area (Å²) in [5, 5.41) is 2.81. The summed E-state index contributed by atoms with van der Waals surface area (Å²) >= 11 is 0. The Kier molecular flexibility index (Phi) is 3.42. The Morgan fingerprint density at radius 1 is 1.24 bits per heavy atom. The predicted octanol–water partition coefficient (Wildman–Crippen LogP) is 2.22. The van der Waals surface area contributed by atoms with Crippen LogP contribution >= 0.6 is 0 Å². The molecule has 3 aromatic heterocycles. The van der Waals surface area contributed by atoms with Gasteiger partial charge in [0, 0.05) is 30.0 Å². The minimum absolute atomic E-state index is 0.262. The summed E-state index contributed by atoms with van der Waals surface area (Å²) in [4.78, 5) is 24.6. The number of carbonyl (C=O) groups excluding carboxylic acids is 1. The second kappa shape index (κ2) is 5.54. The van der Waals surface area contributed by atoms with E-state index in [2.05, 4.69) is 20.3 Å². The van der Waals surface area contributed by atoms with E-state index in [0.717, 1.165) is 5.69 Å². The topological polar surface area (TPSA) is 72.7 Å². The monoisotopic (exact) mass is 279 g/mol. The first-order valence-electron chi connectivity index (χ1n) is 6.42. The molecule has 3 aromatic rings. The van der Waals surface area contributed by atoms with E-state index >= 15 is 0 Å². The molecule has 0 aromatic carbocycles. The Labute approximate surface area is 121 Å². The quantitative estimate of drug-likeness (QED) is 0.798. The zero-order chi connectivity index (χ0) is 14.7. The van der Waals surface area contributed by atoms with Crippen molar-refractivity contribution in [1.82, 2.24) is 19.5 Å². The van der Waals surface area contributed by atoms with E-state index in [1.165, 1.54) is 0 Å². The third-order valence-electron chi connectivity index (χ3n) is 2.89. The average Bonchev–Trinajstić information content (AvgIpc) is 3.02. The molecule has 3 rings (SSSR count). The van der Waals surface area contributed by atoms with Gasteiger partial charge >= 0.3 is 0 Å². The van der Waals surface area contributed by atoms with Crippen LogP contribution in [0.5, 0.6) is 0 Å². The van der Waals surface area contributed by atoms with E-state index in [1.807, 2.05) is 13.0 Å². The molecular formula is C15H13N5O. The molecule has 6 nitrogen and oxygen atoms in total. The number of hydrogen-bond acceptors (Lipinski definition) is 4. The number of amides is 1. The van der Waals surface area contributed by atoms with Gasteiger partial charge in [0.1, 0.15) is 17.8 Å². The number of aromatic nitrogens is 4. The lowest BCUT2D eigenvalue weighted by Gasteiger charge is -2.07. The molecule has 0 unspecified atom stereocenters. The van der Waals surface area contributed by atoms with Crippen LogP contribution in [-0.2, 0) is 0 Å². The normalized spacial score (nSPS) is 10.3. The van der Waals surface area contributed by atoms with Crippen LogP contribution in [0.15, 0.2) is 55.2 Å². The third kappa shape index (κ3) is 2.94. The summed E-state index contributed by atoms with van der Waals surface area (Å²) in [5.41, 5.74) is 1.88. The Morgan fingerprint density at radius 2 is 2.14 bits per heavy atom. The molecule has 0 aliphatic heterocycles. The van der Waals surface area contributed by atoms with Crippen molar-refractivity contribution in [1.29, 1.82) is 0 Å². The number of hydrogen-bond donors (Lipinski definition) is 1. The first-order chi connectivity index (χ1) is 10.2. The van der Waals surface area contributed by atoms with Crippen LogP contribution in [0.3, 0.4) is 0 Å². The summed E-state index contributed by atoms with van der Waals surface area (Å²) in [6.45, 7) is 1.87. The SMILES string of the molecule is Cc1cc(NC(=O)c2cccc(-n3ccnc3)n2)ccn1. The van der Waals surface area contributed by atoms with E-state index in [4.69, 9.17) is 0 Å². The Bertz CT molecular complexity index is 767. The summed E-state index contributed by atoms with van der Waals surface area (Å²) in [6.07, 6.45) is 6.72. The maximum absolute atomic E-state index is 12.2. The summed E-state index contributed by atoms with van der Waals surface area (Å²) in [6, 6.07) is 8.82. The molecule has 6 heteroatoms. The molecule has 0 spiro atoms. The van der Waals surface area contributed by atoms with Gasteiger partial charge in [0.15, 0.2) is 0 Å². The van der Waals surface area contributed by atoms with Gasteiger partial charge in [0.25, 0.3) is 5.91 Å². The molecule has 104 valence electrons. The maximum atomic E-state index is 12.2. The van der Waals surface area contributed by atoms with Crippen LogP contribution in [0.25, 0.3) is 5.82 Å². The van der Waals surface area contributed by atoms with E-state index in [1.54, 1.807) is 53.8 Å². The number of carbonyl (C=O) groups is 1. The van der Waals surface area contributed by atoms with Crippen molar-refractivity contribution in [2.75, 3.05) is 5.32 Å². The number of rotatable bonds is 3. The summed E-state index contributed by atoms with van der Waals surface area (Å²) in [7, 11) is 0. The lowest BCUT2D eigenvalue weighted by Crippen LogP contribution is -2.14. The van der Waals surface area contributed by atoms with Crippen LogP contribution in [0.1, 0.15) is 16.2 Å². The molecule has 0 aliphatic carbocycles. The van der Waals surface area contributed by atoms with Crippen molar-refractivity contribution in [3.8, 4) is 5.82 Å². The fourth-order valence-corrected chi connectivity index (χ4v) is 1.91.